The minimum atomic E-state index is 0.0354. The Kier molecular flexibility index (Phi) is 5.95. The number of benzene rings is 1. The molecule has 1 aromatic carbocycles. The number of nitrogens with one attached hydrogen (secondary N) is 1. The fourth-order valence-corrected chi connectivity index (χ4v) is 3.04. The first-order chi connectivity index (χ1) is 13.1. The second-order valence-corrected chi connectivity index (χ2v) is 6.48. The number of anilines is 1. The van der Waals surface area contributed by atoms with Gasteiger partial charge in [-0.15, -0.1) is 0 Å². The predicted octanol–water partition coefficient (Wildman–Crippen LogP) is 1.03. The number of nitrogens with zero attached hydrogens (tertiary/aromatic N) is 5. The molecule has 3 rings (SSSR count). The summed E-state index contributed by atoms with van der Waals surface area (Å²) in [6.45, 7) is 4.76. The highest BCUT2D eigenvalue weighted by Crippen LogP contribution is 2.16. The molecule has 27 heavy (non-hydrogen) atoms. The number of aryl methyl sites for hydroxylation is 2. The van der Waals surface area contributed by atoms with Crippen molar-refractivity contribution in [1.82, 2.24) is 20.0 Å². The minimum absolute atomic E-state index is 0.0354. The van der Waals surface area contributed by atoms with Gasteiger partial charge in [0.05, 0.1) is 18.4 Å². The number of hydrogen-bond donors (Lipinski definition) is 1. The largest absolute Gasteiger partial charge is 0.492 e. The molecular weight excluding hydrogens is 344 g/mol. The highest BCUT2D eigenvalue weighted by Gasteiger charge is 2.27. The first kappa shape index (κ1) is 18.8. The molecule has 0 radical (unpaired) electrons. The van der Waals surface area contributed by atoms with E-state index in [2.05, 4.69) is 15.4 Å². The van der Waals surface area contributed by atoms with E-state index in [4.69, 9.17) is 4.74 Å². The fourth-order valence-electron chi connectivity index (χ4n) is 3.04. The van der Waals surface area contributed by atoms with Crippen molar-refractivity contribution in [1.29, 1.82) is 0 Å². The van der Waals surface area contributed by atoms with Crippen LogP contribution < -0.4 is 15.0 Å². The van der Waals surface area contributed by atoms with Crippen molar-refractivity contribution in [3.8, 4) is 5.75 Å². The molecule has 1 amide bonds. The number of rotatable bonds is 5. The van der Waals surface area contributed by atoms with Crippen molar-refractivity contribution < 1.29 is 9.53 Å². The molecule has 1 aliphatic heterocycles. The Hall–Kier alpha value is -3.03. The Morgan fingerprint density at radius 3 is 2.89 bits per heavy atom. The number of guanidine groups is 1. The highest BCUT2D eigenvalue weighted by atomic mass is 16.5. The third kappa shape index (κ3) is 4.78. The number of ether oxygens (including phenoxy) is 1. The molecule has 0 unspecified atom stereocenters. The molecule has 0 aliphatic carbocycles. The molecular formula is C19H26N6O2. The van der Waals surface area contributed by atoms with Crippen LogP contribution in [0.15, 0.2) is 41.7 Å². The summed E-state index contributed by atoms with van der Waals surface area (Å²) in [7, 11) is 3.57. The zero-order valence-electron chi connectivity index (χ0n) is 16.1. The van der Waals surface area contributed by atoms with E-state index in [1.54, 1.807) is 22.8 Å². The van der Waals surface area contributed by atoms with Gasteiger partial charge in [-0.1, -0.05) is 12.1 Å². The van der Waals surface area contributed by atoms with Gasteiger partial charge in [0.25, 0.3) is 0 Å². The van der Waals surface area contributed by atoms with Gasteiger partial charge in [-0.2, -0.15) is 5.10 Å². The molecule has 0 bridgehead atoms. The quantitative estimate of drug-likeness (QED) is 0.483. The van der Waals surface area contributed by atoms with Crippen LogP contribution in [0, 0.1) is 6.92 Å². The standard InChI is InChI=1S/C19H26N6O2/c1-15-5-4-6-17(11-15)27-10-7-21-19(20-2)24-8-9-25(18(26)14-24)16-12-22-23(3)13-16/h4-6,11-13H,7-10,14H2,1-3H3,(H,20,21). The van der Waals surface area contributed by atoms with Crippen molar-refractivity contribution >= 4 is 17.6 Å². The average molecular weight is 370 g/mol. The van der Waals surface area contributed by atoms with Gasteiger partial charge in [0.1, 0.15) is 18.9 Å². The van der Waals surface area contributed by atoms with Crippen molar-refractivity contribution in [3.63, 3.8) is 0 Å². The number of hydrogen-bond acceptors (Lipinski definition) is 4. The summed E-state index contributed by atoms with van der Waals surface area (Å²) >= 11 is 0. The Bertz CT molecular complexity index is 816. The molecule has 2 aromatic rings. The maximum atomic E-state index is 12.5. The van der Waals surface area contributed by atoms with Crippen LogP contribution in [0.25, 0.3) is 0 Å². The van der Waals surface area contributed by atoms with Crippen molar-refractivity contribution in [2.75, 3.05) is 44.7 Å². The van der Waals surface area contributed by atoms with E-state index < -0.39 is 0 Å². The second kappa shape index (κ2) is 8.57. The third-order valence-electron chi connectivity index (χ3n) is 4.38. The third-order valence-corrected chi connectivity index (χ3v) is 4.38. The van der Waals surface area contributed by atoms with Crippen LogP contribution >= 0.6 is 0 Å². The number of carbonyl (C=O) groups is 1. The Morgan fingerprint density at radius 2 is 2.22 bits per heavy atom. The van der Waals surface area contributed by atoms with Gasteiger partial charge in [0.2, 0.25) is 5.91 Å². The van der Waals surface area contributed by atoms with Crippen LogP contribution in [0.1, 0.15) is 5.56 Å². The van der Waals surface area contributed by atoms with E-state index in [1.165, 1.54) is 5.56 Å². The Balaban J connectivity index is 1.48. The first-order valence-corrected chi connectivity index (χ1v) is 9.01. The molecule has 144 valence electrons. The lowest BCUT2D eigenvalue weighted by Crippen LogP contribution is -2.55. The van der Waals surface area contributed by atoms with Gasteiger partial charge in [-0.05, 0) is 24.6 Å². The van der Waals surface area contributed by atoms with Crippen molar-refractivity contribution in [3.05, 3.63) is 42.2 Å². The van der Waals surface area contributed by atoms with E-state index in [9.17, 15) is 4.79 Å². The van der Waals surface area contributed by atoms with Gasteiger partial charge >= 0.3 is 0 Å². The maximum absolute atomic E-state index is 12.5. The maximum Gasteiger partial charge on any atom is 0.246 e. The van der Waals surface area contributed by atoms with Gasteiger partial charge in [-0.3, -0.25) is 14.5 Å². The molecule has 8 heteroatoms. The molecule has 2 heterocycles. The molecule has 8 nitrogen and oxygen atoms in total. The molecule has 1 aromatic heterocycles. The average Bonchev–Trinajstić information content (AvgIpc) is 3.08. The fraction of sp³-hybridized carbons (Fsp3) is 0.421. The SMILES string of the molecule is CN=C(NCCOc1cccc(C)c1)N1CCN(c2cnn(C)c2)C(=O)C1. The van der Waals surface area contributed by atoms with Crippen LogP contribution in [0.3, 0.4) is 0 Å². The number of aromatic nitrogens is 2. The van der Waals surface area contributed by atoms with E-state index >= 15 is 0 Å². The molecule has 1 fully saturated rings. The van der Waals surface area contributed by atoms with E-state index in [0.29, 0.717) is 32.2 Å². The summed E-state index contributed by atoms with van der Waals surface area (Å²) in [5.74, 6) is 1.60. The zero-order chi connectivity index (χ0) is 19.2. The number of aliphatic imine (C=N–C) groups is 1. The summed E-state index contributed by atoms with van der Waals surface area (Å²) in [6.07, 6.45) is 3.56. The topological polar surface area (TPSA) is 75.0 Å². The summed E-state index contributed by atoms with van der Waals surface area (Å²) in [5.41, 5.74) is 2.00. The van der Waals surface area contributed by atoms with Crippen LogP contribution in [-0.2, 0) is 11.8 Å². The van der Waals surface area contributed by atoms with Crippen LogP contribution in [-0.4, -0.2) is 66.4 Å². The lowest BCUT2D eigenvalue weighted by Gasteiger charge is -2.35. The van der Waals surface area contributed by atoms with Gasteiger partial charge in [-0.25, -0.2) is 0 Å². The lowest BCUT2D eigenvalue weighted by atomic mass is 10.2. The first-order valence-electron chi connectivity index (χ1n) is 9.01. The summed E-state index contributed by atoms with van der Waals surface area (Å²) in [6, 6.07) is 7.96. The minimum Gasteiger partial charge on any atom is -0.492 e. The molecule has 0 spiro atoms. The number of carbonyl (C=O) groups excluding carboxylic acids is 1. The van der Waals surface area contributed by atoms with Crippen molar-refractivity contribution in [2.24, 2.45) is 12.0 Å². The predicted molar refractivity (Wildman–Crippen MR) is 105 cm³/mol. The van der Waals surface area contributed by atoms with Crippen LogP contribution in [0.2, 0.25) is 0 Å². The summed E-state index contributed by atoms with van der Waals surface area (Å²) in [5, 5.41) is 7.40. The van der Waals surface area contributed by atoms with Crippen molar-refractivity contribution in [2.45, 2.75) is 6.92 Å². The molecule has 1 aliphatic rings. The van der Waals surface area contributed by atoms with E-state index in [0.717, 1.165) is 11.4 Å². The number of piperazine rings is 1. The highest BCUT2D eigenvalue weighted by molar-refractivity contribution is 5.98. The Morgan fingerprint density at radius 1 is 1.37 bits per heavy atom. The summed E-state index contributed by atoms with van der Waals surface area (Å²) < 4.78 is 7.45. The molecule has 0 atom stereocenters. The molecule has 0 saturated carbocycles. The van der Waals surface area contributed by atoms with E-state index in [1.807, 2.05) is 49.3 Å². The summed E-state index contributed by atoms with van der Waals surface area (Å²) in [4.78, 5) is 20.5. The molecule has 1 saturated heterocycles. The lowest BCUT2D eigenvalue weighted by molar-refractivity contribution is -0.120. The smallest absolute Gasteiger partial charge is 0.246 e. The normalized spacial score (nSPS) is 15.2. The second-order valence-electron chi connectivity index (χ2n) is 6.48. The van der Waals surface area contributed by atoms with Crippen LogP contribution in [0.5, 0.6) is 5.75 Å². The van der Waals surface area contributed by atoms with Gasteiger partial charge in [0.15, 0.2) is 5.96 Å². The number of amides is 1. The Labute approximate surface area is 159 Å². The van der Waals surface area contributed by atoms with Gasteiger partial charge < -0.3 is 19.9 Å². The zero-order valence-corrected chi connectivity index (χ0v) is 16.1. The monoisotopic (exact) mass is 370 g/mol. The van der Waals surface area contributed by atoms with E-state index in [-0.39, 0.29) is 12.5 Å². The van der Waals surface area contributed by atoms with Crippen LogP contribution in [0.4, 0.5) is 5.69 Å². The molecule has 1 N–H and O–H groups in total. The van der Waals surface area contributed by atoms with Gasteiger partial charge in [0, 0.05) is 33.4 Å².